The van der Waals surface area contributed by atoms with Crippen LogP contribution in [0.2, 0.25) is 0 Å². The van der Waals surface area contributed by atoms with Gasteiger partial charge < -0.3 is 4.74 Å². The van der Waals surface area contributed by atoms with E-state index in [9.17, 15) is 0 Å². The van der Waals surface area contributed by atoms with Crippen LogP contribution in [0, 0.1) is 20.8 Å². The third kappa shape index (κ3) is 6.31. The molecule has 0 unspecified atom stereocenters. The number of ether oxygens (including phenoxy) is 1. The summed E-state index contributed by atoms with van der Waals surface area (Å²) in [6.45, 7) is 24.8. The number of hydrogen-bond donors (Lipinski definition) is 0. The Morgan fingerprint density at radius 1 is 0.577 bits per heavy atom. The predicted octanol–water partition coefficient (Wildman–Crippen LogP) is 13.2. The zero-order chi connectivity index (χ0) is 37.0. The first kappa shape index (κ1) is 35.3. The predicted molar refractivity (Wildman–Crippen MR) is 218 cm³/mol. The maximum atomic E-state index is 6.77. The van der Waals surface area contributed by atoms with Crippen LogP contribution in [0.25, 0.3) is 44.4 Å². The van der Waals surface area contributed by atoms with E-state index in [1.165, 1.54) is 49.7 Å². The molecule has 0 amide bonds. The Bertz CT molecular complexity index is 2410. The fourth-order valence-corrected chi connectivity index (χ4v) is 7.66. The molecule has 5 heteroatoms. The Hall–Kier alpha value is -5.16. The summed E-state index contributed by atoms with van der Waals surface area (Å²) >= 11 is 0. The van der Waals surface area contributed by atoms with Crippen LogP contribution in [0.1, 0.15) is 118 Å². The number of para-hydroxylation sites is 1. The van der Waals surface area contributed by atoms with Crippen LogP contribution >= 0.6 is 0 Å². The number of pyridine rings is 1. The first-order valence-electron chi connectivity index (χ1n) is 18.9. The average Bonchev–Trinajstić information content (AvgIpc) is 3.59. The second-order valence-corrected chi connectivity index (χ2v) is 15.7. The lowest BCUT2D eigenvalue weighted by atomic mass is 9.81. The van der Waals surface area contributed by atoms with Gasteiger partial charge >= 0.3 is 0 Å². The average molecular weight is 689 g/mol. The first-order chi connectivity index (χ1) is 24.8. The minimum Gasteiger partial charge on any atom is -0.457 e. The molecule has 3 heterocycles. The molecule has 0 saturated heterocycles. The van der Waals surface area contributed by atoms with Gasteiger partial charge in [0.1, 0.15) is 17.3 Å². The summed E-state index contributed by atoms with van der Waals surface area (Å²) in [6, 6.07) is 30.5. The Balaban J connectivity index is 1.35. The molecule has 7 rings (SSSR count). The molecular formula is C47H52N4O. The maximum absolute atomic E-state index is 6.77. The lowest BCUT2D eigenvalue weighted by molar-refractivity contribution is 0.481. The van der Waals surface area contributed by atoms with Crippen molar-refractivity contribution in [1.82, 2.24) is 19.3 Å². The molecule has 7 aromatic rings. The van der Waals surface area contributed by atoms with Gasteiger partial charge in [0.05, 0.1) is 22.4 Å². The Morgan fingerprint density at radius 2 is 1.23 bits per heavy atom. The van der Waals surface area contributed by atoms with E-state index in [2.05, 4.69) is 164 Å². The summed E-state index contributed by atoms with van der Waals surface area (Å²) < 4.78 is 11.1. The normalized spacial score (nSPS) is 12.1. The lowest BCUT2D eigenvalue weighted by Gasteiger charge is -2.23. The molecule has 0 saturated carbocycles. The number of hydrogen-bond acceptors (Lipinski definition) is 3. The van der Waals surface area contributed by atoms with Crippen LogP contribution < -0.4 is 4.74 Å². The maximum Gasteiger partial charge on any atom is 0.137 e. The molecule has 52 heavy (non-hydrogen) atoms. The second kappa shape index (κ2) is 13.8. The van der Waals surface area contributed by atoms with Gasteiger partial charge in [-0.3, -0.25) is 4.57 Å². The Labute approximate surface area is 309 Å². The van der Waals surface area contributed by atoms with E-state index in [1.807, 2.05) is 12.3 Å². The molecule has 3 aromatic heterocycles. The standard InChI is InChI=1S/C47H52N4O/c1-27(2)34-21-36(51-33(11)46(32(10)49-51)47-41(29(5)6)23-35(28(3)4)24-42(47)30(7)8)25-38(22-34)52-37-16-17-40-39-14-12-13-15-43(39)50(44(40)26-37)45-20-31(9)18-19-48-45/h12-30H,1-11H3. The number of nitrogens with zero attached hydrogens (tertiary/aromatic N) is 4. The lowest BCUT2D eigenvalue weighted by Crippen LogP contribution is -2.05. The van der Waals surface area contributed by atoms with Crippen molar-refractivity contribution in [3.8, 4) is 34.1 Å². The van der Waals surface area contributed by atoms with Crippen LogP contribution in [0.15, 0.2) is 91.1 Å². The van der Waals surface area contributed by atoms with E-state index in [0.29, 0.717) is 23.7 Å². The van der Waals surface area contributed by atoms with Gasteiger partial charge in [0.15, 0.2) is 0 Å². The molecule has 0 N–H and O–H groups in total. The van der Waals surface area contributed by atoms with E-state index in [0.717, 1.165) is 45.4 Å². The minimum atomic E-state index is 0.305. The summed E-state index contributed by atoms with van der Waals surface area (Å²) in [6.07, 6.45) is 1.88. The van der Waals surface area contributed by atoms with Crippen molar-refractivity contribution >= 4 is 21.8 Å². The monoisotopic (exact) mass is 688 g/mol. The van der Waals surface area contributed by atoms with Gasteiger partial charge in [0.25, 0.3) is 0 Å². The second-order valence-electron chi connectivity index (χ2n) is 15.7. The zero-order valence-corrected chi connectivity index (χ0v) is 32.7. The molecule has 5 nitrogen and oxygen atoms in total. The number of rotatable bonds is 9. The van der Waals surface area contributed by atoms with E-state index in [4.69, 9.17) is 14.8 Å². The number of aromatic nitrogens is 4. The SMILES string of the molecule is Cc1ccnc(-n2c3ccccc3c3ccc(Oc4cc(C(C)C)cc(-n5nc(C)c(-c6c(C(C)C)cc(C(C)C)cc6C(C)C)c5C)c4)cc32)c1. The summed E-state index contributed by atoms with van der Waals surface area (Å²) in [5.41, 5.74) is 14.5. The number of benzene rings is 4. The van der Waals surface area contributed by atoms with Crippen molar-refractivity contribution in [3.05, 3.63) is 130 Å². The smallest absolute Gasteiger partial charge is 0.137 e. The number of fused-ring (bicyclic) bond motifs is 3. The van der Waals surface area contributed by atoms with Gasteiger partial charge in [-0.1, -0.05) is 85.7 Å². The highest BCUT2D eigenvalue weighted by molar-refractivity contribution is 6.09. The fourth-order valence-electron chi connectivity index (χ4n) is 7.66. The largest absolute Gasteiger partial charge is 0.457 e. The molecule has 0 atom stereocenters. The van der Waals surface area contributed by atoms with E-state index >= 15 is 0 Å². The van der Waals surface area contributed by atoms with Gasteiger partial charge in [0, 0.05) is 40.4 Å². The molecule has 0 aliphatic heterocycles. The summed E-state index contributed by atoms with van der Waals surface area (Å²) in [5.74, 6) is 4.00. The van der Waals surface area contributed by atoms with Crippen LogP contribution in [-0.2, 0) is 0 Å². The highest BCUT2D eigenvalue weighted by atomic mass is 16.5. The van der Waals surface area contributed by atoms with Crippen molar-refractivity contribution in [2.45, 2.75) is 99.8 Å². The molecule has 0 radical (unpaired) electrons. The topological polar surface area (TPSA) is 44.9 Å². The summed E-state index contributed by atoms with van der Waals surface area (Å²) in [5, 5.41) is 7.59. The van der Waals surface area contributed by atoms with Gasteiger partial charge in [-0.25, -0.2) is 9.67 Å². The number of aryl methyl sites for hydroxylation is 2. The third-order valence-corrected chi connectivity index (χ3v) is 10.5. The zero-order valence-electron chi connectivity index (χ0n) is 32.7. The summed E-state index contributed by atoms with van der Waals surface area (Å²) in [7, 11) is 0. The minimum absolute atomic E-state index is 0.305. The van der Waals surface area contributed by atoms with E-state index in [-0.39, 0.29) is 0 Å². The van der Waals surface area contributed by atoms with Gasteiger partial charge in [-0.2, -0.15) is 5.10 Å². The molecule has 0 fully saturated rings. The third-order valence-electron chi connectivity index (χ3n) is 10.5. The van der Waals surface area contributed by atoms with E-state index < -0.39 is 0 Å². The van der Waals surface area contributed by atoms with E-state index in [1.54, 1.807) is 0 Å². The van der Waals surface area contributed by atoms with Crippen molar-refractivity contribution in [1.29, 1.82) is 0 Å². The van der Waals surface area contributed by atoms with Crippen molar-refractivity contribution < 1.29 is 4.74 Å². The Morgan fingerprint density at radius 3 is 1.88 bits per heavy atom. The van der Waals surface area contributed by atoms with Crippen molar-refractivity contribution in [2.75, 3.05) is 0 Å². The first-order valence-corrected chi connectivity index (χ1v) is 18.9. The van der Waals surface area contributed by atoms with Crippen LogP contribution in [0.4, 0.5) is 0 Å². The molecule has 0 aliphatic rings. The molecular weight excluding hydrogens is 637 g/mol. The van der Waals surface area contributed by atoms with Crippen molar-refractivity contribution in [2.24, 2.45) is 0 Å². The fraction of sp³-hybridized carbons (Fsp3) is 0.319. The molecule has 266 valence electrons. The van der Waals surface area contributed by atoms with Gasteiger partial charge in [-0.15, -0.1) is 0 Å². The van der Waals surface area contributed by atoms with Gasteiger partial charge in [0.2, 0.25) is 0 Å². The van der Waals surface area contributed by atoms with Crippen LogP contribution in [0.5, 0.6) is 11.5 Å². The highest BCUT2D eigenvalue weighted by Crippen LogP contribution is 2.42. The molecule has 4 aromatic carbocycles. The van der Waals surface area contributed by atoms with Crippen LogP contribution in [-0.4, -0.2) is 19.3 Å². The quantitative estimate of drug-likeness (QED) is 0.152. The molecule has 0 spiro atoms. The summed E-state index contributed by atoms with van der Waals surface area (Å²) in [4.78, 5) is 4.77. The van der Waals surface area contributed by atoms with Crippen LogP contribution in [0.3, 0.4) is 0 Å². The molecule has 0 aliphatic carbocycles. The highest BCUT2D eigenvalue weighted by Gasteiger charge is 2.25. The Kier molecular flexibility index (Phi) is 9.33. The van der Waals surface area contributed by atoms with Crippen molar-refractivity contribution in [3.63, 3.8) is 0 Å². The molecule has 0 bridgehead atoms. The van der Waals surface area contributed by atoms with Gasteiger partial charge in [-0.05, 0) is 120 Å².